The number of nitrogens with one attached hydrogen (secondary N) is 1. The second kappa shape index (κ2) is 7.56. The average molecular weight is 399 g/mol. The molecule has 2 aromatic carbocycles. The van der Waals surface area contributed by atoms with E-state index in [1.54, 1.807) is 12.4 Å². The van der Waals surface area contributed by atoms with Gasteiger partial charge in [-0.15, -0.1) is 0 Å². The number of ketones is 1. The number of anilines is 1. The summed E-state index contributed by atoms with van der Waals surface area (Å²) in [5.41, 5.74) is 6.22. The number of aromatic nitrogens is 2. The van der Waals surface area contributed by atoms with Gasteiger partial charge in [0.05, 0.1) is 23.4 Å². The molecule has 5 nitrogen and oxygen atoms in total. The van der Waals surface area contributed by atoms with Crippen LogP contribution in [0, 0.1) is 0 Å². The van der Waals surface area contributed by atoms with E-state index >= 15 is 0 Å². The van der Waals surface area contributed by atoms with Crippen molar-refractivity contribution in [2.75, 3.05) is 4.90 Å². The quantitative estimate of drug-likeness (QED) is 0.655. The summed E-state index contributed by atoms with van der Waals surface area (Å²) in [6, 6.07) is 14.5. The van der Waals surface area contributed by atoms with Crippen LogP contribution in [-0.2, 0) is 9.59 Å². The molecule has 1 fully saturated rings. The zero-order valence-corrected chi connectivity index (χ0v) is 17.1. The van der Waals surface area contributed by atoms with Gasteiger partial charge in [0.1, 0.15) is 5.78 Å². The van der Waals surface area contributed by atoms with E-state index in [-0.39, 0.29) is 11.9 Å². The minimum Gasteiger partial charge on any atom is -0.345 e. The van der Waals surface area contributed by atoms with Crippen molar-refractivity contribution in [1.29, 1.82) is 0 Å². The molecule has 0 spiro atoms. The van der Waals surface area contributed by atoms with Crippen LogP contribution in [0.3, 0.4) is 0 Å². The molecule has 5 rings (SSSR count). The van der Waals surface area contributed by atoms with Crippen LogP contribution in [0.5, 0.6) is 0 Å². The molecule has 3 aromatic rings. The Labute approximate surface area is 175 Å². The Morgan fingerprint density at radius 2 is 1.77 bits per heavy atom. The lowest BCUT2D eigenvalue weighted by Gasteiger charge is -2.28. The molecule has 1 amide bonds. The molecule has 152 valence electrons. The van der Waals surface area contributed by atoms with Crippen molar-refractivity contribution in [3.63, 3.8) is 0 Å². The van der Waals surface area contributed by atoms with Crippen molar-refractivity contribution in [3.8, 4) is 0 Å². The molecule has 0 radical (unpaired) electrons. The van der Waals surface area contributed by atoms with Crippen molar-refractivity contribution in [2.45, 2.75) is 51.0 Å². The van der Waals surface area contributed by atoms with Gasteiger partial charge in [-0.2, -0.15) is 0 Å². The smallest absolute Gasteiger partial charge is 0.251 e. The van der Waals surface area contributed by atoms with Gasteiger partial charge in [0.25, 0.3) is 5.91 Å². The first-order valence-electron chi connectivity index (χ1n) is 10.7. The molecular weight excluding hydrogens is 374 g/mol. The monoisotopic (exact) mass is 399 g/mol. The lowest BCUT2D eigenvalue weighted by molar-refractivity contribution is -0.120. The van der Waals surface area contributed by atoms with Gasteiger partial charge in [0.15, 0.2) is 0 Å². The molecule has 2 aliphatic rings. The molecule has 1 atom stereocenters. The van der Waals surface area contributed by atoms with E-state index in [0.717, 1.165) is 47.1 Å². The second-order valence-electron chi connectivity index (χ2n) is 8.27. The standard InChI is InChI=1S/C25H25N3O2/c1-2-16-13-24(30)28(20-9-12-22-23(14-20)27-15-26-22)25(16)19-5-3-17(4-6-19)18-7-10-21(29)11-8-18/h3-6,9,12-15,18,25H,2,7-8,10-11H2,1H3,(H,26,27). The van der Waals surface area contributed by atoms with Crippen LogP contribution in [0.2, 0.25) is 0 Å². The average Bonchev–Trinajstić information content (AvgIpc) is 3.37. The number of benzene rings is 2. The topological polar surface area (TPSA) is 66.1 Å². The minimum absolute atomic E-state index is 0.0191. The Bertz CT molecular complexity index is 1130. The van der Waals surface area contributed by atoms with Crippen LogP contribution in [0.15, 0.2) is 60.4 Å². The molecule has 1 saturated carbocycles. The van der Waals surface area contributed by atoms with E-state index in [1.165, 1.54) is 5.56 Å². The van der Waals surface area contributed by atoms with E-state index in [0.29, 0.717) is 24.5 Å². The number of rotatable bonds is 4. The largest absolute Gasteiger partial charge is 0.345 e. The third-order valence-electron chi connectivity index (χ3n) is 6.51. The van der Waals surface area contributed by atoms with Crippen molar-refractivity contribution in [2.24, 2.45) is 0 Å². The fourth-order valence-electron chi connectivity index (χ4n) is 4.83. The lowest BCUT2D eigenvalue weighted by Crippen LogP contribution is -2.29. The highest BCUT2D eigenvalue weighted by atomic mass is 16.2. The van der Waals surface area contributed by atoms with Crippen molar-refractivity contribution in [1.82, 2.24) is 9.97 Å². The fraction of sp³-hybridized carbons (Fsp3) is 0.320. The predicted molar refractivity (Wildman–Crippen MR) is 117 cm³/mol. The number of Topliss-reactive ketones (excluding diaryl/α,β-unsaturated/α-hetero) is 1. The van der Waals surface area contributed by atoms with Crippen molar-refractivity contribution in [3.05, 3.63) is 71.6 Å². The predicted octanol–water partition coefficient (Wildman–Crippen LogP) is 5.21. The minimum atomic E-state index is -0.0927. The lowest BCUT2D eigenvalue weighted by atomic mass is 9.83. The zero-order valence-electron chi connectivity index (χ0n) is 17.1. The molecule has 1 aliphatic heterocycles. The molecule has 5 heteroatoms. The zero-order chi connectivity index (χ0) is 20.7. The van der Waals surface area contributed by atoms with E-state index in [1.807, 2.05) is 23.1 Å². The number of fused-ring (bicyclic) bond motifs is 1. The molecule has 0 saturated heterocycles. The van der Waals surface area contributed by atoms with Gasteiger partial charge in [-0.1, -0.05) is 31.2 Å². The maximum absolute atomic E-state index is 12.9. The summed E-state index contributed by atoms with van der Waals surface area (Å²) in [7, 11) is 0. The molecule has 1 unspecified atom stereocenters. The Morgan fingerprint density at radius 3 is 2.50 bits per heavy atom. The second-order valence-corrected chi connectivity index (χ2v) is 8.27. The summed E-state index contributed by atoms with van der Waals surface area (Å²) < 4.78 is 0. The normalized spacial score (nSPS) is 20.2. The first-order valence-corrected chi connectivity index (χ1v) is 10.7. The maximum Gasteiger partial charge on any atom is 0.251 e. The Balaban J connectivity index is 1.47. The summed E-state index contributed by atoms with van der Waals surface area (Å²) in [5.74, 6) is 0.863. The number of H-pyrrole nitrogens is 1. The Hall–Kier alpha value is -3.21. The SMILES string of the molecule is CCC1=CC(=O)N(c2ccc3nc[nH]c3c2)C1c1ccc(C2CCC(=O)CC2)cc1. The van der Waals surface area contributed by atoms with Gasteiger partial charge in [-0.05, 0) is 60.1 Å². The van der Waals surface area contributed by atoms with Crippen LogP contribution in [0.25, 0.3) is 11.0 Å². The van der Waals surface area contributed by atoms with Gasteiger partial charge < -0.3 is 4.98 Å². The van der Waals surface area contributed by atoms with Crippen LogP contribution in [0.4, 0.5) is 5.69 Å². The van der Waals surface area contributed by atoms with Crippen LogP contribution in [0.1, 0.15) is 62.1 Å². The maximum atomic E-state index is 12.9. The van der Waals surface area contributed by atoms with Crippen LogP contribution >= 0.6 is 0 Å². The van der Waals surface area contributed by atoms with Gasteiger partial charge in [0.2, 0.25) is 0 Å². The number of imidazole rings is 1. The number of nitrogens with zero attached hydrogens (tertiary/aromatic N) is 2. The van der Waals surface area contributed by atoms with Gasteiger partial charge in [-0.25, -0.2) is 4.98 Å². The van der Waals surface area contributed by atoms with Crippen molar-refractivity contribution < 1.29 is 9.59 Å². The molecule has 30 heavy (non-hydrogen) atoms. The highest BCUT2D eigenvalue weighted by Gasteiger charge is 2.34. The fourth-order valence-corrected chi connectivity index (χ4v) is 4.83. The molecule has 2 heterocycles. The van der Waals surface area contributed by atoms with Gasteiger partial charge >= 0.3 is 0 Å². The number of hydrogen-bond acceptors (Lipinski definition) is 3. The molecule has 1 aliphatic carbocycles. The third kappa shape index (κ3) is 3.24. The summed E-state index contributed by atoms with van der Waals surface area (Å²) in [5, 5.41) is 0. The van der Waals surface area contributed by atoms with E-state index in [9.17, 15) is 9.59 Å². The van der Waals surface area contributed by atoms with Gasteiger partial charge in [0, 0.05) is 24.6 Å². The third-order valence-corrected chi connectivity index (χ3v) is 6.51. The molecular formula is C25H25N3O2. The molecule has 1 aromatic heterocycles. The number of carbonyl (C=O) groups is 2. The van der Waals surface area contributed by atoms with Crippen LogP contribution < -0.4 is 4.90 Å². The first-order chi connectivity index (χ1) is 14.6. The van der Waals surface area contributed by atoms with Crippen LogP contribution in [-0.4, -0.2) is 21.7 Å². The number of carbonyl (C=O) groups excluding carboxylic acids is 2. The molecule has 1 N–H and O–H groups in total. The van der Waals surface area contributed by atoms with Crippen molar-refractivity contribution >= 4 is 28.4 Å². The highest BCUT2D eigenvalue weighted by molar-refractivity contribution is 6.06. The van der Waals surface area contributed by atoms with E-state index in [2.05, 4.69) is 41.2 Å². The Morgan fingerprint density at radius 1 is 1.03 bits per heavy atom. The van der Waals surface area contributed by atoms with Gasteiger partial charge in [-0.3, -0.25) is 14.5 Å². The number of hydrogen-bond donors (Lipinski definition) is 1. The number of aromatic amines is 1. The first kappa shape index (κ1) is 18.8. The number of amides is 1. The highest BCUT2D eigenvalue weighted by Crippen LogP contribution is 2.40. The van der Waals surface area contributed by atoms with E-state index in [4.69, 9.17) is 0 Å². The summed E-state index contributed by atoms with van der Waals surface area (Å²) in [4.78, 5) is 33.8. The summed E-state index contributed by atoms with van der Waals surface area (Å²) in [6.45, 7) is 2.10. The Kier molecular flexibility index (Phi) is 4.74. The summed E-state index contributed by atoms with van der Waals surface area (Å²) in [6.07, 6.45) is 7.54. The summed E-state index contributed by atoms with van der Waals surface area (Å²) >= 11 is 0. The molecule has 0 bridgehead atoms. The van der Waals surface area contributed by atoms with E-state index < -0.39 is 0 Å².